The van der Waals surface area contributed by atoms with Crippen molar-refractivity contribution in [2.75, 3.05) is 12.4 Å². The quantitative estimate of drug-likeness (QED) is 0.470. The van der Waals surface area contributed by atoms with E-state index in [9.17, 15) is 19.7 Å². The zero-order valence-corrected chi connectivity index (χ0v) is 13.7. The summed E-state index contributed by atoms with van der Waals surface area (Å²) >= 11 is 4.13. The molecule has 22 heavy (non-hydrogen) atoms. The Bertz CT molecular complexity index is 769. The third-order valence-corrected chi connectivity index (χ3v) is 4.29. The number of nitrogens with zero attached hydrogens (tertiary/aromatic N) is 2. The fraction of sp³-hybridized carbons (Fsp3) is 0.182. The van der Waals surface area contributed by atoms with Crippen LogP contribution < -0.4 is 5.32 Å². The lowest BCUT2D eigenvalue weighted by Gasteiger charge is -2.03. The van der Waals surface area contributed by atoms with Gasteiger partial charge >= 0.3 is 11.8 Å². The largest absolute Gasteiger partial charge is 0.465 e. The van der Waals surface area contributed by atoms with E-state index < -0.39 is 22.6 Å². The smallest absolute Gasteiger partial charge is 0.357 e. The Balaban J connectivity index is 2.30. The fourth-order valence-electron chi connectivity index (χ4n) is 1.62. The Morgan fingerprint density at radius 1 is 1.55 bits per heavy atom. The number of nitro groups is 1. The van der Waals surface area contributed by atoms with Gasteiger partial charge in [0, 0.05) is 4.88 Å². The molecule has 2 aromatic rings. The normalized spacial score (nSPS) is 10.3. The number of H-pyrrole nitrogens is 1. The lowest BCUT2D eigenvalue weighted by molar-refractivity contribution is -0.390. The number of anilines is 1. The molecule has 0 bridgehead atoms. The summed E-state index contributed by atoms with van der Waals surface area (Å²) in [5, 5.41) is 19.2. The topological polar surface area (TPSA) is 127 Å². The van der Waals surface area contributed by atoms with Crippen molar-refractivity contribution >= 4 is 50.0 Å². The van der Waals surface area contributed by atoms with Gasteiger partial charge in [0.25, 0.3) is 5.91 Å². The highest BCUT2D eigenvalue weighted by Crippen LogP contribution is 2.30. The second-order valence-corrected chi connectivity index (χ2v) is 6.09. The number of carbonyl (C=O) groups excluding carboxylic acids is 2. The van der Waals surface area contributed by atoms with Gasteiger partial charge in [-0.25, -0.2) is 4.79 Å². The van der Waals surface area contributed by atoms with Crippen molar-refractivity contribution < 1.29 is 19.2 Å². The van der Waals surface area contributed by atoms with Gasteiger partial charge in [0.05, 0.1) is 12.7 Å². The molecule has 0 atom stereocenters. The van der Waals surface area contributed by atoms with Crippen LogP contribution in [0.4, 0.5) is 10.8 Å². The third kappa shape index (κ3) is 2.99. The van der Waals surface area contributed by atoms with E-state index in [0.29, 0.717) is 0 Å². The van der Waals surface area contributed by atoms with E-state index in [1.807, 2.05) is 0 Å². The van der Waals surface area contributed by atoms with Gasteiger partial charge in [0.1, 0.15) is 9.47 Å². The molecule has 0 unspecified atom stereocenters. The Hall–Kier alpha value is -2.27. The number of halogens is 1. The molecule has 1 amide bonds. The minimum absolute atomic E-state index is 0.0668. The first-order valence-corrected chi connectivity index (χ1v) is 7.34. The van der Waals surface area contributed by atoms with Crippen molar-refractivity contribution in [3.05, 3.63) is 36.8 Å². The second-order valence-electron chi connectivity index (χ2n) is 4.04. The third-order valence-electron chi connectivity index (χ3n) is 2.57. The summed E-state index contributed by atoms with van der Waals surface area (Å²) in [6.45, 7) is 1.77. The number of thiophene rings is 1. The number of rotatable bonds is 4. The molecule has 2 aromatic heterocycles. The second kappa shape index (κ2) is 6.23. The highest BCUT2D eigenvalue weighted by atomic mass is 79.9. The number of hydrogen-bond acceptors (Lipinski definition) is 7. The molecule has 0 aliphatic carbocycles. The maximum absolute atomic E-state index is 12.2. The molecule has 116 valence electrons. The molecular weight excluding hydrogens is 380 g/mol. The molecule has 0 spiro atoms. The average molecular weight is 389 g/mol. The predicted octanol–water partition coefficient (Wildman–Crippen LogP) is 2.49. The van der Waals surface area contributed by atoms with Crippen LogP contribution in [-0.2, 0) is 4.74 Å². The number of aryl methyl sites for hydroxylation is 1. The van der Waals surface area contributed by atoms with Crippen molar-refractivity contribution in [1.82, 2.24) is 10.2 Å². The summed E-state index contributed by atoms with van der Waals surface area (Å²) in [6, 6.07) is 1.58. The Morgan fingerprint density at radius 2 is 2.23 bits per heavy atom. The predicted molar refractivity (Wildman–Crippen MR) is 81.3 cm³/mol. The summed E-state index contributed by atoms with van der Waals surface area (Å²) < 4.78 is 4.57. The van der Waals surface area contributed by atoms with E-state index in [1.165, 1.54) is 18.4 Å². The van der Waals surface area contributed by atoms with E-state index in [4.69, 9.17) is 0 Å². The van der Waals surface area contributed by atoms with Gasteiger partial charge in [0.2, 0.25) is 0 Å². The Morgan fingerprint density at radius 3 is 2.77 bits per heavy atom. The maximum Gasteiger partial charge on any atom is 0.357 e. The van der Waals surface area contributed by atoms with E-state index in [0.717, 1.165) is 4.88 Å². The highest BCUT2D eigenvalue weighted by Gasteiger charge is 2.26. The van der Waals surface area contributed by atoms with Crippen LogP contribution in [0.2, 0.25) is 0 Å². The van der Waals surface area contributed by atoms with Crippen LogP contribution in [-0.4, -0.2) is 34.1 Å². The first-order chi connectivity index (χ1) is 10.3. The van der Waals surface area contributed by atoms with Gasteiger partial charge in [0.15, 0.2) is 5.69 Å². The van der Waals surface area contributed by atoms with Crippen molar-refractivity contribution in [1.29, 1.82) is 0 Å². The molecule has 0 fully saturated rings. The molecule has 2 rings (SSSR count). The van der Waals surface area contributed by atoms with Crippen molar-refractivity contribution in [3.8, 4) is 0 Å². The number of amides is 1. The van der Waals surface area contributed by atoms with E-state index >= 15 is 0 Å². The molecule has 0 saturated carbocycles. The fourth-order valence-corrected chi connectivity index (χ4v) is 3.02. The number of nitrogens with one attached hydrogen (secondary N) is 2. The zero-order chi connectivity index (χ0) is 16.4. The highest BCUT2D eigenvalue weighted by molar-refractivity contribution is 9.10. The van der Waals surface area contributed by atoms with Gasteiger partial charge in [-0.1, -0.05) is 5.10 Å². The first-order valence-electron chi connectivity index (χ1n) is 5.73. The molecule has 11 heteroatoms. The van der Waals surface area contributed by atoms with Crippen LogP contribution in [0.3, 0.4) is 0 Å². The minimum atomic E-state index is -0.705. The monoisotopic (exact) mass is 388 g/mol. The van der Waals surface area contributed by atoms with Crippen LogP contribution in [0.5, 0.6) is 0 Å². The van der Waals surface area contributed by atoms with Crippen LogP contribution in [0.15, 0.2) is 10.5 Å². The van der Waals surface area contributed by atoms with Gasteiger partial charge in [-0.3, -0.25) is 4.79 Å². The number of aromatic nitrogens is 2. The Kier molecular flexibility index (Phi) is 4.56. The maximum atomic E-state index is 12.2. The number of aromatic amines is 1. The van der Waals surface area contributed by atoms with Crippen molar-refractivity contribution in [3.63, 3.8) is 0 Å². The first kappa shape index (κ1) is 16.1. The molecule has 0 aromatic carbocycles. The number of carbonyl (C=O) groups is 2. The van der Waals surface area contributed by atoms with Gasteiger partial charge < -0.3 is 20.2 Å². The standard InChI is InChI=1S/C11H9BrN4O5S/c1-4-3-5(11(18)21-2)10(22-4)13-9(17)7-6(12)8(15-14-7)16(19)20/h3H,1-2H3,(H,13,17)(H,14,15). The number of methoxy groups -OCH3 is 1. The van der Waals surface area contributed by atoms with Crippen molar-refractivity contribution in [2.45, 2.75) is 6.92 Å². The minimum Gasteiger partial charge on any atom is -0.465 e. The molecule has 2 N–H and O–H groups in total. The van der Waals surface area contributed by atoms with E-state index in [-0.39, 0.29) is 20.7 Å². The molecule has 0 radical (unpaired) electrons. The summed E-state index contributed by atoms with van der Waals surface area (Å²) in [7, 11) is 1.23. The van der Waals surface area contributed by atoms with E-state index in [1.54, 1.807) is 13.0 Å². The number of hydrogen-bond donors (Lipinski definition) is 2. The number of esters is 1. The summed E-state index contributed by atoms with van der Waals surface area (Å²) in [4.78, 5) is 34.6. The van der Waals surface area contributed by atoms with Crippen LogP contribution in [0, 0.1) is 17.0 Å². The lowest BCUT2D eigenvalue weighted by atomic mass is 10.3. The zero-order valence-electron chi connectivity index (χ0n) is 11.3. The molecule has 0 aliphatic heterocycles. The SMILES string of the molecule is COC(=O)c1cc(C)sc1NC(=O)c1n[nH]c([N+](=O)[O-])c1Br. The van der Waals surface area contributed by atoms with Crippen LogP contribution >= 0.6 is 27.3 Å². The number of ether oxygens (including phenoxy) is 1. The molecule has 0 aliphatic rings. The summed E-state index contributed by atoms with van der Waals surface area (Å²) in [5.41, 5.74) is 0.0214. The molecular formula is C11H9BrN4O5S. The van der Waals surface area contributed by atoms with Crippen LogP contribution in [0.1, 0.15) is 25.7 Å². The van der Waals surface area contributed by atoms with Gasteiger partial charge in [-0.05, 0) is 33.8 Å². The molecule has 9 nitrogen and oxygen atoms in total. The van der Waals surface area contributed by atoms with Crippen LogP contribution in [0.25, 0.3) is 0 Å². The van der Waals surface area contributed by atoms with Crippen molar-refractivity contribution in [2.24, 2.45) is 0 Å². The van der Waals surface area contributed by atoms with Gasteiger partial charge in [-0.15, -0.1) is 16.4 Å². The lowest BCUT2D eigenvalue weighted by Crippen LogP contribution is -2.14. The van der Waals surface area contributed by atoms with Gasteiger partial charge in [-0.2, -0.15) is 0 Å². The summed E-state index contributed by atoms with van der Waals surface area (Å²) in [5.74, 6) is -1.71. The Labute approximate surface area is 135 Å². The molecule has 0 saturated heterocycles. The average Bonchev–Trinajstić information content (AvgIpc) is 3.01. The van der Waals surface area contributed by atoms with E-state index in [2.05, 4.69) is 36.2 Å². The molecule has 2 heterocycles. The summed E-state index contributed by atoms with van der Waals surface area (Å²) in [6.07, 6.45) is 0.